The summed E-state index contributed by atoms with van der Waals surface area (Å²) in [5.74, 6) is 3.49. The van der Waals surface area contributed by atoms with Crippen molar-refractivity contribution in [1.82, 2.24) is 4.90 Å². The molecule has 0 radical (unpaired) electrons. The van der Waals surface area contributed by atoms with Crippen molar-refractivity contribution in [2.24, 2.45) is 0 Å². The van der Waals surface area contributed by atoms with Crippen LogP contribution >= 0.6 is 12.2 Å². The molecule has 0 spiro atoms. The van der Waals surface area contributed by atoms with Gasteiger partial charge in [0.25, 0.3) is 0 Å². The van der Waals surface area contributed by atoms with E-state index < -0.39 is 0 Å². The summed E-state index contributed by atoms with van der Waals surface area (Å²) in [5, 5.41) is 3.96. The molecular weight excluding hydrogens is 464 g/mol. The standard InChI is InChI=1S/C27H30N2O5S/c1-30-20-9-7-8-19(15-20)28-27(35)29-13-12-18-14-25(32-3)26(33-4)16-21(18)22(29)17-34-24-11-6-5-10-23(24)31-2/h5-11,14-16,22H,12-13,17H2,1-4H3,(H,28,35). The van der Waals surface area contributed by atoms with Crippen LogP contribution in [0.2, 0.25) is 0 Å². The zero-order valence-electron chi connectivity index (χ0n) is 20.4. The van der Waals surface area contributed by atoms with Crippen LogP contribution < -0.4 is 29.0 Å². The third kappa shape index (κ3) is 5.38. The molecule has 0 aliphatic carbocycles. The summed E-state index contributed by atoms with van der Waals surface area (Å²) >= 11 is 5.87. The minimum absolute atomic E-state index is 0.158. The van der Waals surface area contributed by atoms with Crippen LogP contribution in [0, 0.1) is 0 Å². The molecular formula is C27H30N2O5S. The van der Waals surface area contributed by atoms with E-state index in [-0.39, 0.29) is 6.04 Å². The second-order valence-electron chi connectivity index (χ2n) is 7.99. The summed E-state index contributed by atoms with van der Waals surface area (Å²) in [5.41, 5.74) is 3.12. The number of nitrogens with one attached hydrogen (secondary N) is 1. The monoisotopic (exact) mass is 494 g/mol. The van der Waals surface area contributed by atoms with Gasteiger partial charge in [-0.2, -0.15) is 0 Å². The molecule has 0 saturated heterocycles. The topological polar surface area (TPSA) is 61.4 Å². The quantitative estimate of drug-likeness (QED) is 0.434. The van der Waals surface area contributed by atoms with Gasteiger partial charge in [0.05, 0.1) is 34.5 Å². The average Bonchev–Trinajstić information content (AvgIpc) is 2.90. The SMILES string of the molecule is COc1cccc(NC(=S)N2CCc3cc(OC)c(OC)cc3C2COc2ccccc2OC)c1. The Labute approximate surface area is 211 Å². The van der Waals surface area contributed by atoms with Crippen molar-refractivity contribution in [3.05, 3.63) is 71.8 Å². The fourth-order valence-electron chi connectivity index (χ4n) is 4.25. The summed E-state index contributed by atoms with van der Waals surface area (Å²) in [6, 6.07) is 19.2. The number of fused-ring (bicyclic) bond motifs is 1. The normalized spacial score (nSPS) is 14.5. The van der Waals surface area contributed by atoms with Crippen molar-refractivity contribution in [2.45, 2.75) is 12.5 Å². The maximum absolute atomic E-state index is 6.28. The fourth-order valence-corrected chi connectivity index (χ4v) is 4.59. The van der Waals surface area contributed by atoms with E-state index in [1.807, 2.05) is 60.7 Å². The lowest BCUT2D eigenvalue weighted by atomic mass is 9.92. The Morgan fingerprint density at radius 2 is 1.57 bits per heavy atom. The number of thiocarbonyl (C=S) groups is 1. The molecule has 1 aliphatic heterocycles. The highest BCUT2D eigenvalue weighted by Crippen LogP contribution is 2.39. The first-order valence-corrected chi connectivity index (χ1v) is 11.7. The molecule has 0 aromatic heterocycles. The highest BCUT2D eigenvalue weighted by Gasteiger charge is 2.31. The summed E-state index contributed by atoms with van der Waals surface area (Å²) < 4.78 is 28.2. The summed E-state index contributed by atoms with van der Waals surface area (Å²) in [6.07, 6.45) is 0.806. The number of para-hydroxylation sites is 2. The Balaban J connectivity index is 1.66. The molecule has 1 unspecified atom stereocenters. The van der Waals surface area contributed by atoms with E-state index in [0.717, 1.165) is 30.0 Å². The van der Waals surface area contributed by atoms with Gasteiger partial charge in [-0.1, -0.05) is 18.2 Å². The smallest absolute Gasteiger partial charge is 0.174 e. The van der Waals surface area contributed by atoms with Crippen molar-refractivity contribution < 1.29 is 23.7 Å². The number of methoxy groups -OCH3 is 4. The molecule has 3 aromatic carbocycles. The second-order valence-corrected chi connectivity index (χ2v) is 8.38. The van der Waals surface area contributed by atoms with Gasteiger partial charge in [-0.3, -0.25) is 0 Å². The van der Waals surface area contributed by atoms with Crippen molar-refractivity contribution in [2.75, 3.05) is 46.9 Å². The van der Waals surface area contributed by atoms with Gasteiger partial charge in [0.2, 0.25) is 0 Å². The molecule has 0 fully saturated rings. The molecule has 3 aromatic rings. The molecule has 1 heterocycles. The first-order valence-electron chi connectivity index (χ1n) is 11.3. The van der Waals surface area contributed by atoms with Crippen LogP contribution in [0.4, 0.5) is 5.69 Å². The number of hydrogen-bond donors (Lipinski definition) is 1. The highest BCUT2D eigenvalue weighted by molar-refractivity contribution is 7.80. The zero-order chi connectivity index (χ0) is 24.8. The largest absolute Gasteiger partial charge is 0.497 e. The molecule has 35 heavy (non-hydrogen) atoms. The van der Waals surface area contributed by atoms with Crippen molar-refractivity contribution >= 4 is 23.0 Å². The van der Waals surface area contributed by atoms with Crippen LogP contribution in [0.5, 0.6) is 28.7 Å². The summed E-state index contributed by atoms with van der Waals surface area (Å²) in [4.78, 5) is 2.15. The van der Waals surface area contributed by atoms with Gasteiger partial charge in [-0.05, 0) is 66.2 Å². The Morgan fingerprint density at radius 1 is 0.857 bits per heavy atom. The number of nitrogens with zero attached hydrogens (tertiary/aromatic N) is 1. The van der Waals surface area contributed by atoms with Crippen LogP contribution in [0.3, 0.4) is 0 Å². The average molecular weight is 495 g/mol. The lowest BCUT2D eigenvalue weighted by molar-refractivity contribution is 0.185. The lowest BCUT2D eigenvalue weighted by Crippen LogP contribution is -2.44. The number of rotatable bonds is 8. The Hall–Kier alpha value is -3.65. The molecule has 7 nitrogen and oxygen atoms in total. The van der Waals surface area contributed by atoms with Crippen LogP contribution in [-0.2, 0) is 6.42 Å². The number of hydrogen-bond acceptors (Lipinski definition) is 6. The molecule has 1 N–H and O–H groups in total. The van der Waals surface area contributed by atoms with Gasteiger partial charge in [-0.15, -0.1) is 0 Å². The minimum Gasteiger partial charge on any atom is -0.497 e. The second kappa shape index (κ2) is 11.2. The molecule has 1 aliphatic rings. The molecule has 0 amide bonds. The van der Waals surface area contributed by atoms with Crippen LogP contribution in [0.25, 0.3) is 0 Å². The zero-order valence-corrected chi connectivity index (χ0v) is 21.2. The maximum Gasteiger partial charge on any atom is 0.174 e. The molecule has 1 atom stereocenters. The van der Waals surface area contributed by atoms with Gasteiger partial charge in [0.1, 0.15) is 12.4 Å². The van der Waals surface area contributed by atoms with Gasteiger partial charge < -0.3 is 33.9 Å². The highest BCUT2D eigenvalue weighted by atomic mass is 32.1. The Bertz CT molecular complexity index is 1190. The fraction of sp³-hybridized carbons (Fsp3) is 0.296. The predicted octanol–water partition coefficient (Wildman–Crippen LogP) is 5.10. The van der Waals surface area contributed by atoms with Gasteiger partial charge in [0, 0.05) is 18.3 Å². The van der Waals surface area contributed by atoms with Crippen LogP contribution in [0.15, 0.2) is 60.7 Å². The first kappa shape index (κ1) is 24.5. The lowest BCUT2D eigenvalue weighted by Gasteiger charge is -2.39. The maximum atomic E-state index is 6.28. The predicted molar refractivity (Wildman–Crippen MR) is 140 cm³/mol. The van der Waals surface area contributed by atoms with Gasteiger partial charge in [0.15, 0.2) is 28.1 Å². The van der Waals surface area contributed by atoms with Gasteiger partial charge >= 0.3 is 0 Å². The number of anilines is 1. The van der Waals surface area contributed by atoms with E-state index in [4.69, 9.17) is 35.9 Å². The van der Waals surface area contributed by atoms with Crippen LogP contribution in [-0.4, -0.2) is 51.6 Å². The summed E-state index contributed by atoms with van der Waals surface area (Å²) in [7, 11) is 6.57. The molecule has 184 valence electrons. The summed E-state index contributed by atoms with van der Waals surface area (Å²) in [6.45, 7) is 1.08. The van der Waals surface area contributed by atoms with E-state index in [9.17, 15) is 0 Å². The van der Waals surface area contributed by atoms with E-state index in [1.54, 1.807) is 28.4 Å². The van der Waals surface area contributed by atoms with E-state index in [2.05, 4.69) is 10.2 Å². The molecule has 4 rings (SSSR count). The minimum atomic E-state index is -0.158. The van der Waals surface area contributed by atoms with Gasteiger partial charge in [-0.25, -0.2) is 0 Å². The Morgan fingerprint density at radius 3 is 2.29 bits per heavy atom. The first-order chi connectivity index (χ1) is 17.1. The van der Waals surface area contributed by atoms with Crippen molar-refractivity contribution in [1.29, 1.82) is 0 Å². The third-order valence-corrected chi connectivity index (χ3v) is 6.39. The van der Waals surface area contributed by atoms with E-state index in [1.165, 1.54) is 5.56 Å². The van der Waals surface area contributed by atoms with Crippen LogP contribution in [0.1, 0.15) is 17.2 Å². The molecule has 8 heteroatoms. The van der Waals surface area contributed by atoms with E-state index in [0.29, 0.717) is 34.7 Å². The van der Waals surface area contributed by atoms with Crippen molar-refractivity contribution in [3.8, 4) is 28.7 Å². The molecule has 0 saturated carbocycles. The number of benzene rings is 3. The third-order valence-electron chi connectivity index (χ3n) is 6.05. The number of ether oxygens (including phenoxy) is 5. The van der Waals surface area contributed by atoms with E-state index >= 15 is 0 Å². The van der Waals surface area contributed by atoms with Crippen molar-refractivity contribution in [3.63, 3.8) is 0 Å². The Kier molecular flexibility index (Phi) is 7.82. The molecule has 0 bridgehead atoms.